The van der Waals surface area contributed by atoms with Gasteiger partial charge in [0.25, 0.3) is 0 Å². The minimum atomic E-state index is -0.300. The number of ether oxygens (including phenoxy) is 1. The molecule has 0 aliphatic carbocycles. The molecule has 0 bridgehead atoms. The van der Waals surface area contributed by atoms with Gasteiger partial charge in [0, 0.05) is 0 Å². The highest BCUT2D eigenvalue weighted by atomic mass is 127. The van der Waals surface area contributed by atoms with Crippen molar-refractivity contribution in [3.05, 3.63) is 52.7 Å². The Morgan fingerprint density at radius 2 is 1.80 bits per heavy atom. The van der Waals surface area contributed by atoms with Crippen molar-refractivity contribution in [2.75, 3.05) is 0 Å². The Kier molecular flexibility index (Phi) is 4.77. The molecule has 1 heterocycles. The maximum atomic E-state index is 11.5. The maximum Gasteiger partial charge on any atom is 0.353 e. The van der Waals surface area contributed by atoms with Gasteiger partial charge < -0.3 is 4.74 Å². The number of rotatable bonds is 2. The van der Waals surface area contributed by atoms with E-state index in [1.54, 1.807) is 18.2 Å². The minimum absolute atomic E-state index is 0. The number of thiophene rings is 1. The fourth-order valence-corrected chi connectivity index (χ4v) is 1.64. The van der Waals surface area contributed by atoms with Crippen LogP contribution in [0.15, 0.2) is 47.8 Å². The van der Waals surface area contributed by atoms with Crippen LogP contribution in [0.4, 0.5) is 0 Å². The number of hydrogen-bond donors (Lipinski definition) is 0. The van der Waals surface area contributed by atoms with E-state index in [4.69, 9.17) is 4.74 Å². The Morgan fingerprint density at radius 1 is 1.07 bits per heavy atom. The van der Waals surface area contributed by atoms with Crippen molar-refractivity contribution in [3.8, 4) is 5.75 Å². The van der Waals surface area contributed by atoms with Crippen LogP contribution >= 0.6 is 35.3 Å². The highest BCUT2D eigenvalue weighted by Gasteiger charge is 2.08. The van der Waals surface area contributed by atoms with Gasteiger partial charge in [-0.2, -0.15) is 0 Å². The lowest BCUT2D eigenvalue weighted by Gasteiger charge is -2.00. The van der Waals surface area contributed by atoms with Gasteiger partial charge in [0.1, 0.15) is 10.6 Å². The molecule has 78 valence electrons. The third kappa shape index (κ3) is 3.32. The largest absolute Gasteiger partial charge is 0.422 e. The summed E-state index contributed by atoms with van der Waals surface area (Å²) in [7, 11) is 0. The Balaban J connectivity index is 0.00000112. The molecule has 1 aromatic carbocycles. The summed E-state index contributed by atoms with van der Waals surface area (Å²) in [5.74, 6) is 0.275. The smallest absolute Gasteiger partial charge is 0.353 e. The Bertz CT molecular complexity index is 411. The van der Waals surface area contributed by atoms with Crippen LogP contribution in [0.25, 0.3) is 0 Å². The fraction of sp³-hybridized carbons (Fsp3) is 0. The number of carbonyl (C=O) groups is 1. The van der Waals surface area contributed by atoms with Gasteiger partial charge in [-0.15, -0.1) is 35.3 Å². The molecule has 2 aromatic rings. The number of halogens is 1. The second-order valence-corrected chi connectivity index (χ2v) is 3.63. The van der Waals surface area contributed by atoms with Gasteiger partial charge >= 0.3 is 5.97 Å². The van der Waals surface area contributed by atoms with Crippen LogP contribution in [0.3, 0.4) is 0 Å². The van der Waals surface area contributed by atoms with Crippen LogP contribution in [0.1, 0.15) is 9.67 Å². The number of hydrogen-bond acceptors (Lipinski definition) is 3. The molecule has 4 heteroatoms. The summed E-state index contributed by atoms with van der Waals surface area (Å²) in [5.41, 5.74) is 0. The van der Waals surface area contributed by atoms with E-state index < -0.39 is 0 Å². The van der Waals surface area contributed by atoms with E-state index >= 15 is 0 Å². The van der Waals surface area contributed by atoms with Gasteiger partial charge in [-0.25, -0.2) is 4.79 Å². The lowest BCUT2D eigenvalue weighted by Crippen LogP contribution is -2.05. The second-order valence-electron chi connectivity index (χ2n) is 2.68. The van der Waals surface area contributed by atoms with Crippen LogP contribution in [-0.2, 0) is 0 Å². The summed E-state index contributed by atoms with van der Waals surface area (Å²) in [6.07, 6.45) is 0. The molecule has 0 fully saturated rings. The van der Waals surface area contributed by atoms with Crippen molar-refractivity contribution in [2.24, 2.45) is 0 Å². The monoisotopic (exact) mass is 332 g/mol. The molecule has 0 aliphatic heterocycles. The summed E-state index contributed by atoms with van der Waals surface area (Å²) < 4.78 is 5.13. The molecule has 1 aromatic heterocycles. The predicted molar refractivity (Wildman–Crippen MR) is 71.1 cm³/mol. The average Bonchev–Trinajstić information content (AvgIpc) is 2.72. The first-order valence-electron chi connectivity index (χ1n) is 4.17. The van der Waals surface area contributed by atoms with Gasteiger partial charge in [-0.3, -0.25) is 0 Å². The lowest BCUT2D eigenvalue weighted by atomic mass is 10.3. The molecular formula is C11H9IO2S. The lowest BCUT2D eigenvalue weighted by molar-refractivity contribution is 0.0740. The quantitative estimate of drug-likeness (QED) is 0.477. The Labute approximate surface area is 109 Å². The van der Waals surface area contributed by atoms with Gasteiger partial charge in [0.2, 0.25) is 0 Å². The minimum Gasteiger partial charge on any atom is -0.422 e. The summed E-state index contributed by atoms with van der Waals surface area (Å²) in [6, 6.07) is 12.6. The third-order valence-electron chi connectivity index (χ3n) is 1.68. The second kappa shape index (κ2) is 5.87. The molecule has 0 radical (unpaired) electrons. The van der Waals surface area contributed by atoms with Crippen molar-refractivity contribution in [3.63, 3.8) is 0 Å². The molecule has 0 saturated heterocycles. The van der Waals surface area contributed by atoms with E-state index in [2.05, 4.69) is 0 Å². The number of benzene rings is 1. The van der Waals surface area contributed by atoms with Gasteiger partial charge in [0.05, 0.1) is 0 Å². The molecule has 0 aliphatic rings. The molecule has 0 saturated carbocycles. The normalized spacial score (nSPS) is 9.07. The van der Waals surface area contributed by atoms with Gasteiger partial charge in [0.15, 0.2) is 0 Å². The van der Waals surface area contributed by atoms with Crippen LogP contribution in [-0.4, -0.2) is 5.97 Å². The molecule has 0 unspecified atom stereocenters. The first-order chi connectivity index (χ1) is 6.86. The third-order valence-corrected chi connectivity index (χ3v) is 2.53. The molecular weight excluding hydrogens is 323 g/mol. The van der Waals surface area contributed by atoms with E-state index in [0.717, 1.165) is 0 Å². The number of esters is 1. The molecule has 0 atom stereocenters. The van der Waals surface area contributed by atoms with E-state index in [-0.39, 0.29) is 29.9 Å². The van der Waals surface area contributed by atoms with Gasteiger partial charge in [-0.1, -0.05) is 24.3 Å². The highest BCUT2D eigenvalue weighted by Crippen LogP contribution is 2.14. The first-order valence-corrected chi connectivity index (χ1v) is 5.05. The van der Waals surface area contributed by atoms with E-state index in [1.165, 1.54) is 11.3 Å². The van der Waals surface area contributed by atoms with Gasteiger partial charge in [-0.05, 0) is 23.6 Å². The molecule has 0 amide bonds. The summed E-state index contributed by atoms with van der Waals surface area (Å²) in [4.78, 5) is 12.1. The zero-order valence-electron chi connectivity index (χ0n) is 7.75. The number of carbonyl (C=O) groups excluding carboxylic acids is 1. The van der Waals surface area contributed by atoms with Crippen molar-refractivity contribution in [1.82, 2.24) is 0 Å². The predicted octanol–water partition coefficient (Wildman–Crippen LogP) is 3.59. The summed E-state index contributed by atoms with van der Waals surface area (Å²) in [5, 5.41) is 1.85. The SMILES string of the molecule is I.O=C(Oc1ccccc1)c1cccs1. The first kappa shape index (κ1) is 12.2. The summed E-state index contributed by atoms with van der Waals surface area (Å²) in [6.45, 7) is 0. The molecule has 15 heavy (non-hydrogen) atoms. The fourth-order valence-electron chi connectivity index (χ4n) is 1.04. The standard InChI is InChI=1S/C11H8O2S.HI/c12-11(10-7-4-8-14-10)13-9-5-2-1-3-6-9;/h1-8H;1H. The van der Waals surface area contributed by atoms with Crippen molar-refractivity contribution >= 4 is 41.3 Å². The van der Waals surface area contributed by atoms with E-state index in [0.29, 0.717) is 10.6 Å². The molecule has 2 nitrogen and oxygen atoms in total. The Morgan fingerprint density at radius 3 is 2.40 bits per heavy atom. The van der Waals surface area contributed by atoms with Crippen LogP contribution < -0.4 is 4.74 Å². The summed E-state index contributed by atoms with van der Waals surface area (Å²) >= 11 is 1.38. The zero-order chi connectivity index (χ0) is 9.80. The number of para-hydroxylation sites is 1. The van der Waals surface area contributed by atoms with Crippen molar-refractivity contribution in [1.29, 1.82) is 0 Å². The molecule has 2 rings (SSSR count). The maximum absolute atomic E-state index is 11.5. The van der Waals surface area contributed by atoms with Crippen LogP contribution in [0.2, 0.25) is 0 Å². The average molecular weight is 332 g/mol. The Hall–Kier alpha value is -0.880. The van der Waals surface area contributed by atoms with Crippen molar-refractivity contribution in [2.45, 2.75) is 0 Å². The van der Waals surface area contributed by atoms with Crippen LogP contribution in [0, 0.1) is 0 Å². The highest BCUT2D eigenvalue weighted by molar-refractivity contribution is 14.0. The van der Waals surface area contributed by atoms with Crippen LogP contribution in [0.5, 0.6) is 5.75 Å². The zero-order valence-corrected chi connectivity index (χ0v) is 10.9. The topological polar surface area (TPSA) is 26.3 Å². The van der Waals surface area contributed by atoms with E-state index in [1.807, 2.05) is 29.6 Å². The van der Waals surface area contributed by atoms with Crippen molar-refractivity contribution < 1.29 is 9.53 Å². The van der Waals surface area contributed by atoms with E-state index in [9.17, 15) is 4.79 Å². The molecule has 0 spiro atoms. The molecule has 0 N–H and O–H groups in total.